The van der Waals surface area contributed by atoms with E-state index in [0.717, 1.165) is 17.5 Å². The monoisotopic (exact) mass is 323 g/mol. The van der Waals surface area contributed by atoms with Crippen LogP contribution in [0.25, 0.3) is 0 Å². The van der Waals surface area contributed by atoms with Gasteiger partial charge in [0.15, 0.2) is 0 Å². The molecule has 1 aliphatic carbocycles. The van der Waals surface area contributed by atoms with E-state index in [-0.39, 0.29) is 5.60 Å². The van der Waals surface area contributed by atoms with Crippen LogP contribution in [-0.4, -0.2) is 18.2 Å². The highest BCUT2D eigenvalue weighted by molar-refractivity contribution is 9.10. The molecule has 2 fully saturated rings. The maximum Gasteiger partial charge on any atom is 0.0697 e. The largest absolute Gasteiger partial charge is 0.375 e. The van der Waals surface area contributed by atoms with Crippen LogP contribution in [0.2, 0.25) is 0 Å². The van der Waals surface area contributed by atoms with Crippen molar-refractivity contribution in [3.8, 4) is 0 Å². The zero-order valence-corrected chi connectivity index (χ0v) is 13.1. The van der Waals surface area contributed by atoms with E-state index < -0.39 is 0 Å². The molecule has 1 unspecified atom stereocenters. The van der Waals surface area contributed by atoms with Gasteiger partial charge in [-0.25, -0.2) is 0 Å². The van der Waals surface area contributed by atoms with Crippen molar-refractivity contribution in [1.82, 2.24) is 5.32 Å². The van der Waals surface area contributed by atoms with Crippen molar-refractivity contribution < 1.29 is 4.74 Å². The highest BCUT2D eigenvalue weighted by Gasteiger charge is 2.42. The van der Waals surface area contributed by atoms with E-state index in [9.17, 15) is 0 Å². The maximum absolute atomic E-state index is 5.99. The van der Waals surface area contributed by atoms with Crippen molar-refractivity contribution in [3.63, 3.8) is 0 Å². The first-order valence-corrected chi connectivity index (χ1v) is 8.12. The number of hydrogen-bond acceptors (Lipinski definition) is 2. The fourth-order valence-electron chi connectivity index (χ4n) is 3.32. The molecule has 3 heteroatoms. The predicted molar refractivity (Wildman–Crippen MR) is 81.2 cm³/mol. The second kappa shape index (κ2) is 5.55. The SMILES string of the molecule is C[C@H](NC1CCOC2(CCC2)C1)c1cccc(Br)c1. The highest BCUT2D eigenvalue weighted by atomic mass is 79.9. The van der Waals surface area contributed by atoms with Gasteiger partial charge in [-0.3, -0.25) is 0 Å². The lowest BCUT2D eigenvalue weighted by Crippen LogP contribution is -2.51. The first-order chi connectivity index (χ1) is 9.17. The molecule has 1 aromatic carbocycles. The molecule has 1 heterocycles. The zero-order valence-electron chi connectivity index (χ0n) is 11.5. The molecular weight excluding hydrogens is 302 g/mol. The molecule has 2 aliphatic rings. The Labute approximate surface area is 124 Å². The van der Waals surface area contributed by atoms with Crippen molar-refractivity contribution in [1.29, 1.82) is 0 Å². The second-order valence-corrected chi connectivity index (χ2v) is 6.93. The van der Waals surface area contributed by atoms with Crippen LogP contribution >= 0.6 is 15.9 Å². The van der Waals surface area contributed by atoms with Crippen molar-refractivity contribution in [3.05, 3.63) is 34.3 Å². The highest BCUT2D eigenvalue weighted by Crippen LogP contribution is 2.42. The molecule has 2 nitrogen and oxygen atoms in total. The minimum absolute atomic E-state index is 0.229. The Morgan fingerprint density at radius 3 is 2.95 bits per heavy atom. The fraction of sp³-hybridized carbons (Fsp3) is 0.625. The molecule has 1 spiro atoms. The molecule has 104 valence electrons. The van der Waals surface area contributed by atoms with E-state index in [0.29, 0.717) is 12.1 Å². The molecule has 0 radical (unpaired) electrons. The third-order valence-corrected chi connectivity index (χ3v) is 5.09. The lowest BCUT2D eigenvalue weighted by Gasteiger charge is -2.47. The van der Waals surface area contributed by atoms with E-state index in [4.69, 9.17) is 4.74 Å². The molecule has 1 saturated carbocycles. The molecule has 3 rings (SSSR count). The third kappa shape index (κ3) is 3.04. The molecule has 1 N–H and O–H groups in total. The number of rotatable bonds is 3. The number of benzene rings is 1. The van der Waals surface area contributed by atoms with Crippen molar-refractivity contribution in [2.24, 2.45) is 0 Å². The lowest BCUT2D eigenvalue weighted by atomic mass is 9.74. The standard InChI is InChI=1S/C16H22BrNO/c1-12(13-4-2-5-14(17)10-13)18-15-6-9-19-16(11-15)7-3-8-16/h2,4-5,10,12,15,18H,3,6-9,11H2,1H3/t12-,15?/m0/s1. The van der Waals surface area contributed by atoms with Crippen molar-refractivity contribution >= 4 is 15.9 Å². The number of hydrogen-bond donors (Lipinski definition) is 1. The van der Waals surface area contributed by atoms with Gasteiger partial charge >= 0.3 is 0 Å². The van der Waals surface area contributed by atoms with Gasteiger partial charge in [0.1, 0.15) is 0 Å². The molecule has 0 amide bonds. The Bertz CT molecular complexity index is 444. The van der Waals surface area contributed by atoms with Gasteiger partial charge < -0.3 is 10.1 Å². The van der Waals surface area contributed by atoms with Crippen LogP contribution in [0.1, 0.15) is 50.6 Å². The summed E-state index contributed by atoms with van der Waals surface area (Å²) < 4.78 is 7.14. The van der Waals surface area contributed by atoms with Crippen LogP contribution in [0.5, 0.6) is 0 Å². The van der Waals surface area contributed by atoms with Gasteiger partial charge in [-0.1, -0.05) is 28.1 Å². The van der Waals surface area contributed by atoms with Gasteiger partial charge in [0.2, 0.25) is 0 Å². The Kier molecular flexibility index (Phi) is 3.97. The first-order valence-electron chi connectivity index (χ1n) is 7.32. The van der Waals surface area contributed by atoms with Crippen molar-refractivity contribution in [2.45, 2.75) is 56.7 Å². The second-order valence-electron chi connectivity index (χ2n) is 6.02. The van der Waals surface area contributed by atoms with Crippen molar-refractivity contribution in [2.75, 3.05) is 6.61 Å². The summed E-state index contributed by atoms with van der Waals surface area (Å²) in [4.78, 5) is 0. The average molecular weight is 324 g/mol. The molecule has 1 aromatic rings. The Morgan fingerprint density at radius 1 is 1.42 bits per heavy atom. The van der Waals surface area contributed by atoms with Crippen LogP contribution in [0.4, 0.5) is 0 Å². The van der Waals surface area contributed by atoms with Crippen LogP contribution < -0.4 is 5.32 Å². The maximum atomic E-state index is 5.99. The molecule has 0 bridgehead atoms. The van der Waals surface area contributed by atoms with Gasteiger partial charge in [0.05, 0.1) is 5.60 Å². The van der Waals surface area contributed by atoms with E-state index in [1.165, 1.54) is 31.2 Å². The average Bonchev–Trinajstić information content (AvgIpc) is 2.37. The quantitative estimate of drug-likeness (QED) is 0.900. The third-order valence-electron chi connectivity index (χ3n) is 4.59. The van der Waals surface area contributed by atoms with Crippen LogP contribution in [0, 0.1) is 0 Å². The minimum atomic E-state index is 0.229. The summed E-state index contributed by atoms with van der Waals surface area (Å²) >= 11 is 3.55. The van der Waals surface area contributed by atoms with E-state index in [1.54, 1.807) is 0 Å². The lowest BCUT2D eigenvalue weighted by molar-refractivity contribution is -0.136. The normalized spacial score (nSPS) is 26.9. The smallest absolute Gasteiger partial charge is 0.0697 e. The summed E-state index contributed by atoms with van der Waals surface area (Å²) in [6, 6.07) is 9.58. The first kappa shape index (κ1) is 13.6. The van der Waals surface area contributed by atoms with E-state index in [1.807, 2.05) is 0 Å². The molecule has 0 aromatic heterocycles. The summed E-state index contributed by atoms with van der Waals surface area (Å²) in [5.41, 5.74) is 1.58. The van der Waals surface area contributed by atoms with Gasteiger partial charge in [-0.05, 0) is 56.7 Å². The topological polar surface area (TPSA) is 21.3 Å². The number of ether oxygens (including phenoxy) is 1. The summed E-state index contributed by atoms with van der Waals surface area (Å²) in [6.45, 7) is 3.17. The van der Waals surface area contributed by atoms with E-state index >= 15 is 0 Å². The Morgan fingerprint density at radius 2 is 2.26 bits per heavy atom. The van der Waals surface area contributed by atoms with Crippen LogP contribution in [0.3, 0.4) is 0 Å². The number of nitrogens with one attached hydrogen (secondary N) is 1. The van der Waals surface area contributed by atoms with Gasteiger partial charge in [-0.15, -0.1) is 0 Å². The minimum Gasteiger partial charge on any atom is -0.375 e. The van der Waals surface area contributed by atoms with Crippen LogP contribution in [-0.2, 0) is 4.74 Å². The summed E-state index contributed by atoms with van der Waals surface area (Å²) in [7, 11) is 0. The summed E-state index contributed by atoms with van der Waals surface area (Å²) in [6.07, 6.45) is 6.19. The summed E-state index contributed by atoms with van der Waals surface area (Å²) in [5, 5.41) is 3.78. The Hall–Kier alpha value is -0.380. The summed E-state index contributed by atoms with van der Waals surface area (Å²) in [5.74, 6) is 0. The molecule has 19 heavy (non-hydrogen) atoms. The molecular formula is C16H22BrNO. The fourth-order valence-corrected chi connectivity index (χ4v) is 3.73. The van der Waals surface area contributed by atoms with Gasteiger partial charge in [0.25, 0.3) is 0 Å². The van der Waals surface area contributed by atoms with Gasteiger partial charge in [-0.2, -0.15) is 0 Å². The molecule has 2 atom stereocenters. The molecule has 1 aliphatic heterocycles. The van der Waals surface area contributed by atoms with Crippen LogP contribution in [0.15, 0.2) is 28.7 Å². The zero-order chi connectivity index (χ0) is 13.3. The van der Waals surface area contributed by atoms with E-state index in [2.05, 4.69) is 52.4 Å². The Balaban J connectivity index is 1.61. The molecule has 1 saturated heterocycles. The number of halogens is 1. The predicted octanol–water partition coefficient (Wildman–Crippen LogP) is 4.20. The van der Waals surface area contributed by atoms with Gasteiger partial charge in [0, 0.05) is 23.2 Å².